The number of carboxylic acids is 1. The Hall–Kier alpha value is -3.26. The highest BCUT2D eigenvalue weighted by Crippen LogP contribution is 2.36. The van der Waals surface area contributed by atoms with E-state index in [9.17, 15) is 14.7 Å². The lowest BCUT2D eigenvalue weighted by atomic mass is 10.2. The fraction of sp³-hybridized carbons (Fsp3) is 0.292. The molecule has 1 N–H and O–H groups in total. The van der Waals surface area contributed by atoms with Gasteiger partial charge in [0.25, 0.3) is 5.91 Å². The molecule has 0 aliphatic carbocycles. The summed E-state index contributed by atoms with van der Waals surface area (Å²) in [5, 5.41) is 9.86. The van der Waals surface area contributed by atoms with Crippen molar-refractivity contribution in [2.24, 2.45) is 4.99 Å². The average Bonchev–Trinajstić information content (AvgIpc) is 3.08. The maximum Gasteiger partial charge on any atom is 0.337 e. The first-order chi connectivity index (χ1) is 15.5. The second kappa shape index (κ2) is 10.9. The first-order valence-electron chi connectivity index (χ1n) is 10.4. The number of amidine groups is 1. The van der Waals surface area contributed by atoms with Crippen molar-refractivity contribution in [3.63, 3.8) is 0 Å². The topological polar surface area (TPSA) is 88.4 Å². The van der Waals surface area contributed by atoms with E-state index in [0.29, 0.717) is 40.4 Å². The van der Waals surface area contributed by atoms with Gasteiger partial charge in [-0.1, -0.05) is 31.5 Å². The minimum absolute atomic E-state index is 0.0879. The molecule has 32 heavy (non-hydrogen) atoms. The number of methoxy groups -OCH3 is 1. The third-order valence-electron chi connectivity index (χ3n) is 4.80. The van der Waals surface area contributed by atoms with Crippen LogP contribution in [0.25, 0.3) is 6.08 Å². The van der Waals surface area contributed by atoms with E-state index in [1.54, 1.807) is 31.4 Å². The second-order valence-corrected chi connectivity index (χ2v) is 8.00. The highest BCUT2D eigenvalue weighted by molar-refractivity contribution is 8.18. The summed E-state index contributed by atoms with van der Waals surface area (Å²) in [6, 6.07) is 12.0. The number of aromatic carboxylic acids is 1. The van der Waals surface area contributed by atoms with Crippen LogP contribution in [0.1, 0.15) is 42.6 Å². The lowest BCUT2D eigenvalue weighted by Crippen LogP contribution is -2.28. The molecule has 1 amide bonds. The highest BCUT2D eigenvalue weighted by atomic mass is 32.2. The molecule has 1 heterocycles. The number of hydrogen-bond acceptors (Lipinski definition) is 6. The molecular formula is C24H26N2O5S. The molecule has 2 aromatic rings. The molecule has 1 aliphatic rings. The molecule has 0 radical (unpaired) electrons. The molecule has 8 heteroatoms. The number of aliphatic imine (C=N–C) groups is 1. The Morgan fingerprint density at radius 2 is 1.97 bits per heavy atom. The van der Waals surface area contributed by atoms with Gasteiger partial charge in [0.1, 0.15) is 0 Å². The van der Waals surface area contributed by atoms with Crippen LogP contribution in [0.4, 0.5) is 5.69 Å². The quantitative estimate of drug-likeness (QED) is 0.414. The lowest BCUT2D eigenvalue weighted by Gasteiger charge is -2.12. The van der Waals surface area contributed by atoms with E-state index in [2.05, 4.69) is 11.9 Å². The molecule has 3 rings (SSSR count). The number of hydrogen-bond donors (Lipinski definition) is 1. The molecule has 168 valence electrons. The second-order valence-electron chi connectivity index (χ2n) is 6.99. The predicted octanol–water partition coefficient (Wildman–Crippen LogP) is 5.20. The van der Waals surface area contributed by atoms with Crippen molar-refractivity contribution in [1.82, 2.24) is 4.90 Å². The number of ether oxygens (including phenoxy) is 2. The Kier molecular flexibility index (Phi) is 7.94. The van der Waals surface area contributed by atoms with Crippen LogP contribution >= 0.6 is 11.8 Å². The van der Waals surface area contributed by atoms with Gasteiger partial charge in [0.15, 0.2) is 16.7 Å². The van der Waals surface area contributed by atoms with E-state index in [-0.39, 0.29) is 11.5 Å². The maximum absolute atomic E-state index is 12.9. The average molecular weight is 455 g/mol. The summed E-state index contributed by atoms with van der Waals surface area (Å²) in [6.07, 6.45) is 3.78. The number of carbonyl (C=O) groups is 2. The fourth-order valence-corrected chi connectivity index (χ4v) is 4.15. The van der Waals surface area contributed by atoms with E-state index < -0.39 is 5.97 Å². The monoisotopic (exact) mass is 454 g/mol. The Labute approximate surface area is 191 Å². The van der Waals surface area contributed by atoms with Crippen LogP contribution in [-0.4, -0.2) is 47.3 Å². The largest absolute Gasteiger partial charge is 0.493 e. The number of nitrogens with zero attached hydrogens (tertiary/aromatic N) is 2. The summed E-state index contributed by atoms with van der Waals surface area (Å²) >= 11 is 1.22. The van der Waals surface area contributed by atoms with Crippen LogP contribution < -0.4 is 9.47 Å². The SMILES string of the molecule is CCCCOc1ccc(/C=C2\SC(=Nc3ccccc3C(=O)O)N(CC)C2=O)cc1OC. The molecule has 0 unspecified atom stereocenters. The molecule has 0 saturated carbocycles. The third-order valence-corrected chi connectivity index (χ3v) is 5.80. The fourth-order valence-electron chi connectivity index (χ4n) is 3.10. The van der Waals surface area contributed by atoms with Crippen LogP contribution in [0.2, 0.25) is 0 Å². The van der Waals surface area contributed by atoms with Crippen LogP contribution in [0.5, 0.6) is 11.5 Å². The van der Waals surface area contributed by atoms with E-state index in [0.717, 1.165) is 18.4 Å². The van der Waals surface area contributed by atoms with Gasteiger partial charge in [-0.3, -0.25) is 9.69 Å². The van der Waals surface area contributed by atoms with Crippen LogP contribution in [-0.2, 0) is 4.79 Å². The molecule has 1 aliphatic heterocycles. The molecule has 1 saturated heterocycles. The molecular weight excluding hydrogens is 428 g/mol. The van der Waals surface area contributed by atoms with Crippen molar-refractivity contribution in [1.29, 1.82) is 0 Å². The summed E-state index contributed by atoms with van der Waals surface area (Å²) in [4.78, 5) is 31.0. The van der Waals surface area contributed by atoms with Gasteiger partial charge < -0.3 is 14.6 Å². The Morgan fingerprint density at radius 3 is 2.66 bits per heavy atom. The van der Waals surface area contributed by atoms with E-state index in [1.807, 2.05) is 25.1 Å². The van der Waals surface area contributed by atoms with Crippen molar-refractivity contribution in [2.45, 2.75) is 26.7 Å². The molecule has 0 bridgehead atoms. The first kappa shape index (κ1) is 23.4. The Morgan fingerprint density at radius 1 is 1.19 bits per heavy atom. The maximum atomic E-state index is 12.9. The summed E-state index contributed by atoms with van der Waals surface area (Å²) in [7, 11) is 1.58. The summed E-state index contributed by atoms with van der Waals surface area (Å²) in [6.45, 7) is 4.99. The first-order valence-corrected chi connectivity index (χ1v) is 11.2. The zero-order valence-electron chi connectivity index (χ0n) is 18.3. The zero-order valence-corrected chi connectivity index (χ0v) is 19.1. The Bertz CT molecular complexity index is 1060. The van der Waals surface area contributed by atoms with Gasteiger partial charge in [-0.15, -0.1) is 0 Å². The number of carboxylic acid groups (broad SMARTS) is 1. The van der Waals surface area contributed by atoms with E-state index in [4.69, 9.17) is 9.47 Å². The van der Waals surface area contributed by atoms with E-state index >= 15 is 0 Å². The van der Waals surface area contributed by atoms with Gasteiger partial charge in [0, 0.05) is 6.54 Å². The molecule has 0 atom stereocenters. The smallest absolute Gasteiger partial charge is 0.337 e. The van der Waals surface area contributed by atoms with Gasteiger partial charge in [-0.25, -0.2) is 9.79 Å². The minimum atomic E-state index is -1.06. The number of para-hydroxylation sites is 1. The number of unbranched alkanes of at least 4 members (excludes halogenated alkanes) is 1. The minimum Gasteiger partial charge on any atom is -0.493 e. The number of benzene rings is 2. The number of rotatable bonds is 9. The molecule has 1 fully saturated rings. The summed E-state index contributed by atoms with van der Waals surface area (Å²) in [5.41, 5.74) is 1.19. The van der Waals surface area contributed by atoms with E-state index in [1.165, 1.54) is 22.7 Å². The van der Waals surface area contributed by atoms with Crippen molar-refractivity contribution in [2.75, 3.05) is 20.3 Å². The molecule has 0 spiro atoms. The lowest BCUT2D eigenvalue weighted by molar-refractivity contribution is -0.122. The van der Waals surface area contributed by atoms with Crippen molar-refractivity contribution >= 4 is 40.6 Å². The van der Waals surface area contributed by atoms with Crippen molar-refractivity contribution in [3.8, 4) is 11.5 Å². The van der Waals surface area contributed by atoms with Crippen molar-refractivity contribution < 1.29 is 24.2 Å². The zero-order chi connectivity index (χ0) is 23.1. The summed E-state index contributed by atoms with van der Waals surface area (Å²) < 4.78 is 11.2. The van der Waals surface area contributed by atoms with Crippen LogP contribution in [0.15, 0.2) is 52.4 Å². The third kappa shape index (κ3) is 5.31. The Balaban J connectivity index is 1.90. The predicted molar refractivity (Wildman–Crippen MR) is 127 cm³/mol. The van der Waals surface area contributed by atoms with Crippen molar-refractivity contribution in [3.05, 3.63) is 58.5 Å². The van der Waals surface area contributed by atoms with Crippen LogP contribution in [0.3, 0.4) is 0 Å². The molecule has 2 aromatic carbocycles. The van der Waals surface area contributed by atoms with Gasteiger partial charge in [0.2, 0.25) is 0 Å². The van der Waals surface area contributed by atoms with Gasteiger partial charge in [0.05, 0.1) is 29.9 Å². The number of carbonyl (C=O) groups excluding carboxylic acids is 1. The standard InChI is InChI=1S/C24H26N2O5S/c1-4-6-13-31-19-12-11-16(14-20(19)30-3)15-21-22(27)26(5-2)24(32-21)25-18-10-8-7-9-17(18)23(28)29/h7-12,14-15H,4-6,13H2,1-3H3,(H,28,29)/b21-15-,25-24?. The number of likely N-dealkylation sites (N-methyl/N-ethyl adjacent to an activating group) is 1. The highest BCUT2D eigenvalue weighted by Gasteiger charge is 2.32. The van der Waals surface area contributed by atoms with Gasteiger partial charge in [-0.05, 0) is 61.0 Å². The number of thioether (sulfide) groups is 1. The number of amides is 1. The molecule has 7 nitrogen and oxygen atoms in total. The normalized spacial score (nSPS) is 16.1. The van der Waals surface area contributed by atoms with Crippen LogP contribution in [0, 0.1) is 0 Å². The molecule has 0 aromatic heterocycles. The van der Waals surface area contributed by atoms with Gasteiger partial charge in [-0.2, -0.15) is 0 Å². The van der Waals surface area contributed by atoms with Gasteiger partial charge >= 0.3 is 5.97 Å². The summed E-state index contributed by atoms with van der Waals surface area (Å²) in [5.74, 6) is 0.0245.